The predicted octanol–water partition coefficient (Wildman–Crippen LogP) is 8.98. The van der Waals surface area contributed by atoms with E-state index in [1.165, 1.54) is 23.8 Å². The smallest absolute Gasteiger partial charge is 0.309 e. The lowest BCUT2D eigenvalue weighted by atomic mass is 9.40. The molecule has 3 N–H and O–H groups in total. The van der Waals surface area contributed by atoms with Gasteiger partial charge in [0.1, 0.15) is 5.75 Å². The van der Waals surface area contributed by atoms with Crippen LogP contribution in [0.3, 0.4) is 0 Å². The Morgan fingerprint density at radius 2 is 1.81 bits per heavy atom. The third-order valence-electron chi connectivity index (χ3n) is 14.9. The van der Waals surface area contributed by atoms with Crippen molar-refractivity contribution in [3.8, 4) is 5.75 Å². The first-order valence-corrected chi connectivity index (χ1v) is 19.3. The first-order valence-electron chi connectivity index (χ1n) is 19.3. The Bertz CT molecular complexity index is 2140. The molecule has 0 amide bonds. The molecular formula is C45H57NO6. The van der Waals surface area contributed by atoms with Gasteiger partial charge in [-0.2, -0.15) is 0 Å². The molecule has 52 heavy (non-hydrogen) atoms. The van der Waals surface area contributed by atoms with E-state index >= 15 is 0 Å². The summed E-state index contributed by atoms with van der Waals surface area (Å²) in [5, 5.41) is 38.2. The summed E-state index contributed by atoms with van der Waals surface area (Å²) in [4.78, 5) is 11.9. The summed E-state index contributed by atoms with van der Waals surface area (Å²) in [6, 6.07) is 2.33. The number of carbonyl (C=O) groups is 1. The second-order valence-electron chi connectivity index (χ2n) is 18.8. The normalized spacial score (nSPS) is 36.0. The fourth-order valence-corrected chi connectivity index (χ4v) is 12.7. The van der Waals surface area contributed by atoms with E-state index < -0.39 is 28.8 Å². The zero-order valence-corrected chi connectivity index (χ0v) is 32.7. The van der Waals surface area contributed by atoms with Crippen molar-refractivity contribution in [3.05, 3.63) is 70.6 Å². The van der Waals surface area contributed by atoms with E-state index in [0.29, 0.717) is 12.3 Å². The molecular weight excluding hydrogens is 650 g/mol. The zero-order chi connectivity index (χ0) is 37.7. The van der Waals surface area contributed by atoms with Gasteiger partial charge in [-0.05, 0) is 125 Å². The molecule has 5 aliphatic rings. The molecule has 0 saturated heterocycles. The van der Waals surface area contributed by atoms with Gasteiger partial charge in [0, 0.05) is 38.8 Å². The molecule has 0 spiro atoms. The van der Waals surface area contributed by atoms with E-state index in [1.54, 1.807) is 0 Å². The highest BCUT2D eigenvalue weighted by Crippen LogP contribution is 2.71. The first kappa shape index (κ1) is 35.6. The molecule has 1 aromatic carbocycles. The van der Waals surface area contributed by atoms with Gasteiger partial charge in [0.15, 0.2) is 0 Å². The Hall–Kier alpha value is -3.39. The molecule has 3 heterocycles. The summed E-state index contributed by atoms with van der Waals surface area (Å²) in [7, 11) is 1.41. The fourth-order valence-electron chi connectivity index (χ4n) is 12.7. The number of aliphatic hydroxyl groups is 2. The number of aromatic nitrogens is 1. The summed E-state index contributed by atoms with van der Waals surface area (Å²) in [6.45, 7) is 23.8. The lowest BCUT2D eigenvalue weighted by Gasteiger charge is -2.64. The average molecular weight is 708 g/mol. The minimum Gasteiger partial charge on any atom is -0.505 e. The van der Waals surface area contributed by atoms with Crippen LogP contribution in [0.1, 0.15) is 129 Å². The van der Waals surface area contributed by atoms with Crippen LogP contribution >= 0.6 is 0 Å². The monoisotopic (exact) mass is 707 g/mol. The molecule has 7 heteroatoms. The van der Waals surface area contributed by atoms with E-state index in [1.807, 2.05) is 26.0 Å². The number of carbonyl (C=O) groups excluding carboxylic acids is 1. The number of aliphatic hydroxyl groups excluding tert-OH is 2. The van der Waals surface area contributed by atoms with E-state index in [4.69, 9.17) is 9.47 Å². The molecule has 2 aromatic heterocycles. The summed E-state index contributed by atoms with van der Waals surface area (Å²) in [5.41, 5.74) is 6.99. The Labute approximate surface area is 308 Å². The molecule has 5 unspecified atom stereocenters. The van der Waals surface area contributed by atoms with Crippen molar-refractivity contribution in [3.63, 3.8) is 0 Å². The highest BCUT2D eigenvalue weighted by atomic mass is 16.5. The SMILES string of the molecule is C=C(C)c1c(O)c2c3c(cc4c5c(n1c42)[C@@]1(C)C(CCC2[C@](C)(C=CC=C(C)CC(=O)OC)C(O)CC[C@@]21C)C5)C1=CC(C)(C)OC(C)(C)C1C3O. The molecule has 3 aromatic rings. The lowest BCUT2D eigenvalue weighted by Crippen LogP contribution is -2.62. The van der Waals surface area contributed by atoms with Gasteiger partial charge in [0.25, 0.3) is 0 Å². The average Bonchev–Trinajstić information content (AvgIpc) is 3.71. The highest BCUT2D eigenvalue weighted by molar-refractivity contribution is 6.11. The quantitative estimate of drug-likeness (QED) is 0.181. The molecule has 278 valence electrons. The summed E-state index contributed by atoms with van der Waals surface area (Å²) in [6.07, 6.45) is 11.9. The molecule has 0 radical (unpaired) electrons. The minimum absolute atomic E-state index is 0.165. The minimum atomic E-state index is -0.825. The number of esters is 1. The number of allylic oxidation sites excluding steroid dienone is 3. The molecule has 2 fully saturated rings. The van der Waals surface area contributed by atoms with Gasteiger partial charge >= 0.3 is 5.97 Å². The number of nitrogens with zero attached hydrogens (tertiary/aromatic N) is 1. The van der Waals surface area contributed by atoms with Crippen LogP contribution in [0.25, 0.3) is 27.4 Å². The first-order chi connectivity index (χ1) is 24.2. The second kappa shape index (κ2) is 11.1. The zero-order valence-electron chi connectivity index (χ0n) is 32.7. The Kier molecular flexibility index (Phi) is 7.59. The van der Waals surface area contributed by atoms with Crippen molar-refractivity contribution in [2.75, 3.05) is 7.11 Å². The number of ether oxygens (including phenoxy) is 2. The largest absolute Gasteiger partial charge is 0.505 e. The second-order valence-corrected chi connectivity index (χ2v) is 18.8. The van der Waals surface area contributed by atoms with Crippen molar-refractivity contribution in [1.29, 1.82) is 0 Å². The van der Waals surface area contributed by atoms with Gasteiger partial charge in [0.2, 0.25) is 0 Å². The van der Waals surface area contributed by atoms with Crippen LogP contribution in [0.5, 0.6) is 5.75 Å². The van der Waals surface area contributed by atoms with E-state index in [-0.39, 0.29) is 40.8 Å². The molecule has 4 aliphatic carbocycles. The molecule has 2 saturated carbocycles. The standard InChI is InChI=1S/C45H57NO6/c1-23(2)36-39(50)34-33-26(29-22-41(4,5)52-42(6,7)35(29)38(33)49)21-27-28-20-25-14-15-30-43(8,17-12-13-24(3)19-32(48)51-11)31(47)16-18-44(30,9)45(25,10)40(28)46(36)37(27)34/h12-13,17,21-22,25,30-31,35,38,47,49-50H,1,14-16,18-20H2,2-11H3/t25?,30?,31?,35?,38?,43-,44-,45+/m0/s1. The Morgan fingerprint density at radius 1 is 1.10 bits per heavy atom. The van der Waals surface area contributed by atoms with Crippen molar-refractivity contribution in [2.45, 2.75) is 130 Å². The number of hydrogen-bond acceptors (Lipinski definition) is 6. The van der Waals surface area contributed by atoms with Gasteiger partial charge < -0.3 is 29.2 Å². The van der Waals surface area contributed by atoms with Crippen molar-refractivity contribution in [1.82, 2.24) is 4.40 Å². The van der Waals surface area contributed by atoms with Gasteiger partial charge in [-0.25, -0.2) is 0 Å². The van der Waals surface area contributed by atoms with Crippen molar-refractivity contribution in [2.24, 2.45) is 28.6 Å². The molecule has 7 nitrogen and oxygen atoms in total. The topological polar surface area (TPSA) is 101 Å². The Balaban J connectivity index is 1.34. The van der Waals surface area contributed by atoms with Gasteiger partial charge in [-0.15, -0.1) is 0 Å². The summed E-state index contributed by atoms with van der Waals surface area (Å²) >= 11 is 0. The Morgan fingerprint density at radius 3 is 2.48 bits per heavy atom. The maximum absolute atomic E-state index is 12.3. The lowest BCUT2D eigenvalue weighted by molar-refractivity contribution is -0.144. The summed E-state index contributed by atoms with van der Waals surface area (Å²) < 4.78 is 13.8. The molecule has 1 aliphatic heterocycles. The summed E-state index contributed by atoms with van der Waals surface area (Å²) in [5.74, 6) is 0.294. The van der Waals surface area contributed by atoms with Gasteiger partial charge in [-0.1, -0.05) is 51.2 Å². The number of methoxy groups -OCH3 is 1. The van der Waals surface area contributed by atoms with Crippen LogP contribution in [0.2, 0.25) is 0 Å². The fraction of sp³-hybridized carbons (Fsp3) is 0.578. The van der Waals surface area contributed by atoms with Crippen molar-refractivity contribution < 1.29 is 29.6 Å². The van der Waals surface area contributed by atoms with Crippen LogP contribution < -0.4 is 0 Å². The third-order valence-corrected chi connectivity index (χ3v) is 14.9. The number of rotatable bonds is 5. The van der Waals surface area contributed by atoms with E-state index in [9.17, 15) is 20.1 Å². The number of hydrogen-bond donors (Lipinski definition) is 3. The van der Waals surface area contributed by atoms with Gasteiger partial charge in [0.05, 0.1) is 48.2 Å². The van der Waals surface area contributed by atoms with Crippen LogP contribution in [-0.2, 0) is 26.1 Å². The number of benzene rings is 1. The number of aromatic hydroxyl groups is 1. The molecule has 8 rings (SSSR count). The van der Waals surface area contributed by atoms with Crippen LogP contribution in [0.15, 0.2) is 42.5 Å². The van der Waals surface area contributed by atoms with Crippen LogP contribution in [0.4, 0.5) is 0 Å². The van der Waals surface area contributed by atoms with E-state index in [0.717, 1.165) is 70.1 Å². The maximum atomic E-state index is 12.3. The molecule has 8 atom stereocenters. The highest BCUT2D eigenvalue weighted by Gasteiger charge is 2.67. The number of fused-ring (bicyclic) bond motifs is 11. The van der Waals surface area contributed by atoms with Crippen LogP contribution in [0, 0.1) is 28.6 Å². The molecule has 0 bridgehead atoms. The van der Waals surface area contributed by atoms with Crippen molar-refractivity contribution >= 4 is 33.4 Å². The van der Waals surface area contributed by atoms with E-state index in [2.05, 4.69) is 77.7 Å². The van der Waals surface area contributed by atoms with Gasteiger partial charge in [-0.3, -0.25) is 4.79 Å². The van der Waals surface area contributed by atoms with Crippen LogP contribution in [-0.4, -0.2) is 50.1 Å². The third kappa shape index (κ3) is 4.39. The predicted molar refractivity (Wildman–Crippen MR) is 206 cm³/mol. The maximum Gasteiger partial charge on any atom is 0.309 e.